The van der Waals surface area contributed by atoms with Crippen molar-refractivity contribution in [3.05, 3.63) is 0 Å². The van der Waals surface area contributed by atoms with Gasteiger partial charge in [0.1, 0.15) is 5.52 Å². The van der Waals surface area contributed by atoms with E-state index in [4.69, 9.17) is 9.47 Å². The van der Waals surface area contributed by atoms with Gasteiger partial charge in [-0.3, -0.25) is 0 Å². The van der Waals surface area contributed by atoms with Gasteiger partial charge >= 0.3 is 0 Å². The SMILES string of the molecule is CCCC1(Br)CCCOC1OCBr. The quantitative estimate of drug-likeness (QED) is 0.740. The van der Waals surface area contributed by atoms with Crippen molar-refractivity contribution < 1.29 is 9.47 Å². The highest BCUT2D eigenvalue weighted by molar-refractivity contribution is 9.10. The second-order valence-corrected chi connectivity index (χ2v) is 5.40. The third kappa shape index (κ3) is 3.18. The van der Waals surface area contributed by atoms with Gasteiger partial charge in [-0.25, -0.2) is 0 Å². The van der Waals surface area contributed by atoms with E-state index in [1.165, 1.54) is 0 Å². The van der Waals surface area contributed by atoms with Gasteiger partial charge in [0, 0.05) is 6.61 Å². The van der Waals surface area contributed by atoms with Crippen molar-refractivity contribution in [1.29, 1.82) is 0 Å². The Morgan fingerprint density at radius 2 is 2.38 bits per heavy atom. The molecule has 13 heavy (non-hydrogen) atoms. The fraction of sp³-hybridized carbons (Fsp3) is 1.00. The molecule has 2 unspecified atom stereocenters. The summed E-state index contributed by atoms with van der Waals surface area (Å²) < 4.78 is 11.1. The summed E-state index contributed by atoms with van der Waals surface area (Å²) in [5.74, 6) is 0. The Morgan fingerprint density at radius 1 is 1.62 bits per heavy atom. The molecule has 0 aliphatic carbocycles. The van der Waals surface area contributed by atoms with Crippen LogP contribution in [0.3, 0.4) is 0 Å². The summed E-state index contributed by atoms with van der Waals surface area (Å²) in [6.07, 6.45) is 4.41. The zero-order chi connectivity index (χ0) is 9.73. The van der Waals surface area contributed by atoms with Crippen LogP contribution in [0.15, 0.2) is 0 Å². The Morgan fingerprint density at radius 3 is 3.00 bits per heavy atom. The van der Waals surface area contributed by atoms with Crippen LogP contribution in [0.1, 0.15) is 32.6 Å². The lowest BCUT2D eigenvalue weighted by molar-refractivity contribution is -0.168. The van der Waals surface area contributed by atoms with E-state index in [0.717, 1.165) is 32.3 Å². The first-order valence-electron chi connectivity index (χ1n) is 4.71. The van der Waals surface area contributed by atoms with Crippen LogP contribution >= 0.6 is 31.9 Å². The average molecular weight is 316 g/mol. The highest BCUT2D eigenvalue weighted by atomic mass is 79.9. The van der Waals surface area contributed by atoms with Gasteiger partial charge in [0.2, 0.25) is 0 Å². The third-order valence-electron chi connectivity index (χ3n) is 2.31. The first-order valence-corrected chi connectivity index (χ1v) is 6.62. The van der Waals surface area contributed by atoms with Crippen molar-refractivity contribution in [2.45, 2.75) is 43.2 Å². The summed E-state index contributed by atoms with van der Waals surface area (Å²) in [4.78, 5) is 0. The van der Waals surface area contributed by atoms with Crippen LogP contribution in [0, 0.1) is 0 Å². The molecule has 2 atom stereocenters. The van der Waals surface area contributed by atoms with E-state index >= 15 is 0 Å². The van der Waals surface area contributed by atoms with E-state index in [-0.39, 0.29) is 10.6 Å². The molecule has 1 saturated heterocycles. The molecule has 1 heterocycles. The average Bonchev–Trinajstić information content (AvgIpc) is 2.10. The summed E-state index contributed by atoms with van der Waals surface area (Å²) in [7, 11) is 0. The Balaban J connectivity index is 2.54. The zero-order valence-electron chi connectivity index (χ0n) is 7.89. The van der Waals surface area contributed by atoms with Crippen LogP contribution in [0.2, 0.25) is 0 Å². The van der Waals surface area contributed by atoms with Gasteiger partial charge in [0.25, 0.3) is 0 Å². The lowest BCUT2D eigenvalue weighted by atomic mass is 9.95. The summed E-state index contributed by atoms with van der Waals surface area (Å²) in [5, 5.41) is 0. The van der Waals surface area contributed by atoms with Crippen molar-refractivity contribution in [3.8, 4) is 0 Å². The smallest absolute Gasteiger partial charge is 0.173 e. The Hall–Kier alpha value is 0.880. The van der Waals surface area contributed by atoms with E-state index in [1.54, 1.807) is 0 Å². The lowest BCUT2D eigenvalue weighted by Crippen LogP contribution is -2.44. The summed E-state index contributed by atoms with van der Waals surface area (Å²) in [6.45, 7) is 3.00. The first kappa shape index (κ1) is 12.0. The molecule has 1 aliphatic rings. The summed E-state index contributed by atoms with van der Waals surface area (Å²) in [6, 6.07) is 0. The maximum atomic E-state index is 5.59. The molecule has 0 aromatic rings. The minimum absolute atomic E-state index is 0.0355. The normalized spacial score (nSPS) is 34.8. The molecule has 0 amide bonds. The fourth-order valence-electron chi connectivity index (χ4n) is 1.74. The molecule has 0 saturated carbocycles. The van der Waals surface area contributed by atoms with Gasteiger partial charge < -0.3 is 9.47 Å². The zero-order valence-corrected chi connectivity index (χ0v) is 11.1. The number of ether oxygens (including phenoxy) is 2. The van der Waals surface area contributed by atoms with Gasteiger partial charge in [0.05, 0.1) is 4.32 Å². The van der Waals surface area contributed by atoms with E-state index in [9.17, 15) is 0 Å². The molecule has 0 N–H and O–H groups in total. The topological polar surface area (TPSA) is 18.5 Å². The predicted molar refractivity (Wildman–Crippen MR) is 60.4 cm³/mol. The maximum absolute atomic E-state index is 5.59. The molecule has 0 aromatic heterocycles. The molecule has 78 valence electrons. The molecule has 1 aliphatic heterocycles. The predicted octanol–water partition coefficient (Wildman–Crippen LogP) is 3.43. The number of hydrogen-bond acceptors (Lipinski definition) is 2. The molecule has 1 fully saturated rings. The number of rotatable bonds is 4. The largest absolute Gasteiger partial charge is 0.351 e. The van der Waals surface area contributed by atoms with Crippen molar-refractivity contribution in [3.63, 3.8) is 0 Å². The monoisotopic (exact) mass is 314 g/mol. The van der Waals surface area contributed by atoms with Crippen LogP contribution in [-0.4, -0.2) is 22.7 Å². The fourth-order valence-corrected chi connectivity index (χ4v) is 2.92. The van der Waals surface area contributed by atoms with Crippen molar-refractivity contribution in [2.24, 2.45) is 0 Å². The highest BCUT2D eigenvalue weighted by Crippen LogP contribution is 2.38. The van der Waals surface area contributed by atoms with E-state index in [0.29, 0.717) is 5.52 Å². The molecular weight excluding hydrogens is 300 g/mol. The van der Waals surface area contributed by atoms with Gasteiger partial charge in [-0.05, 0) is 19.3 Å². The molecular formula is C9H16Br2O2. The van der Waals surface area contributed by atoms with E-state index in [2.05, 4.69) is 38.8 Å². The van der Waals surface area contributed by atoms with Crippen LogP contribution in [0.5, 0.6) is 0 Å². The van der Waals surface area contributed by atoms with Crippen LogP contribution < -0.4 is 0 Å². The third-order valence-corrected chi connectivity index (χ3v) is 3.74. The van der Waals surface area contributed by atoms with Crippen LogP contribution in [0.25, 0.3) is 0 Å². The second kappa shape index (κ2) is 5.69. The lowest BCUT2D eigenvalue weighted by Gasteiger charge is -2.38. The van der Waals surface area contributed by atoms with E-state index in [1.807, 2.05) is 0 Å². The van der Waals surface area contributed by atoms with Crippen LogP contribution in [0.4, 0.5) is 0 Å². The molecule has 0 aromatic carbocycles. The Kier molecular flexibility index (Phi) is 5.23. The van der Waals surface area contributed by atoms with Crippen molar-refractivity contribution >= 4 is 31.9 Å². The minimum atomic E-state index is -0.0967. The van der Waals surface area contributed by atoms with Gasteiger partial charge in [-0.1, -0.05) is 45.2 Å². The summed E-state index contributed by atoms with van der Waals surface area (Å²) in [5.41, 5.74) is 0.536. The molecule has 2 nitrogen and oxygen atoms in total. The van der Waals surface area contributed by atoms with Gasteiger partial charge in [-0.15, -0.1) is 0 Å². The number of hydrogen-bond donors (Lipinski definition) is 0. The van der Waals surface area contributed by atoms with E-state index < -0.39 is 0 Å². The molecule has 4 heteroatoms. The highest BCUT2D eigenvalue weighted by Gasteiger charge is 2.39. The standard InChI is InChI=1S/C9H16Br2O2/c1-2-4-9(11)5-3-6-12-8(9)13-7-10/h8H,2-7H2,1H3. The first-order chi connectivity index (χ1) is 6.23. The molecule has 1 rings (SSSR count). The number of halogens is 2. The number of alkyl halides is 2. The molecule has 0 radical (unpaired) electrons. The molecule has 0 bridgehead atoms. The van der Waals surface area contributed by atoms with Crippen LogP contribution in [-0.2, 0) is 9.47 Å². The van der Waals surface area contributed by atoms with Gasteiger partial charge in [0.15, 0.2) is 6.29 Å². The minimum Gasteiger partial charge on any atom is -0.351 e. The molecule has 0 spiro atoms. The summed E-state index contributed by atoms with van der Waals surface area (Å²) >= 11 is 7.02. The Bertz CT molecular complexity index is 149. The van der Waals surface area contributed by atoms with Gasteiger partial charge in [-0.2, -0.15) is 0 Å². The van der Waals surface area contributed by atoms with Crippen molar-refractivity contribution in [2.75, 3.05) is 12.1 Å². The van der Waals surface area contributed by atoms with Crippen molar-refractivity contribution in [1.82, 2.24) is 0 Å². The maximum Gasteiger partial charge on any atom is 0.173 e. The Labute approximate surface area is 96.6 Å². The second-order valence-electron chi connectivity index (χ2n) is 3.37.